The van der Waals surface area contributed by atoms with Crippen molar-refractivity contribution in [3.05, 3.63) is 47.4 Å². The van der Waals surface area contributed by atoms with Crippen LogP contribution < -0.4 is 5.32 Å². The van der Waals surface area contributed by atoms with Crippen LogP contribution >= 0.6 is 0 Å². The van der Waals surface area contributed by atoms with Gasteiger partial charge in [0, 0.05) is 31.6 Å². The van der Waals surface area contributed by atoms with Crippen molar-refractivity contribution >= 4 is 27.4 Å². The number of piperidine rings is 1. The fourth-order valence-corrected chi connectivity index (χ4v) is 5.30. The number of nitrogens with zero attached hydrogens (tertiary/aromatic N) is 1. The third-order valence-electron chi connectivity index (χ3n) is 5.34. The maximum atomic E-state index is 12.8. The Morgan fingerprint density at radius 1 is 1.23 bits per heavy atom. The number of Topliss-reactive ketones (excluding diaryl/α,β-unsaturated/α-hetero) is 1. The summed E-state index contributed by atoms with van der Waals surface area (Å²) in [5.41, 5.74) is 1.07. The molecule has 1 aliphatic rings. The molecule has 2 aromatic rings. The topological polar surface area (TPSA) is 96.7 Å². The van der Waals surface area contributed by atoms with Crippen LogP contribution in [0.1, 0.15) is 55.0 Å². The first-order valence-corrected chi connectivity index (χ1v) is 11.6. The molecule has 1 N–H and O–H groups in total. The van der Waals surface area contributed by atoms with Crippen LogP contribution in [-0.2, 0) is 21.2 Å². The molecule has 8 heteroatoms. The third kappa shape index (κ3) is 5.17. The van der Waals surface area contributed by atoms with Crippen LogP contribution in [0.3, 0.4) is 0 Å². The fraction of sp³-hybridized carbons (Fsp3) is 0.455. The van der Waals surface area contributed by atoms with Gasteiger partial charge in [0.25, 0.3) is 0 Å². The van der Waals surface area contributed by atoms with E-state index in [0.717, 1.165) is 12.8 Å². The molecule has 1 aliphatic heterocycles. The summed E-state index contributed by atoms with van der Waals surface area (Å²) in [4.78, 5) is 24.0. The summed E-state index contributed by atoms with van der Waals surface area (Å²) in [7, 11) is -3.51. The molecule has 1 unspecified atom stereocenters. The van der Waals surface area contributed by atoms with Gasteiger partial charge in [-0.15, -0.1) is 0 Å². The van der Waals surface area contributed by atoms with Crippen LogP contribution in [0.4, 0.5) is 5.69 Å². The standard InChI is InChI=1S/C22H28N2O5S/c1-15-5-4-12-24(14-15)30(27,28)20-9-6-18(7-10-20)23-22(26)11-8-19-13-21(16(2)25)17(3)29-19/h6-7,9-10,13,15H,4-5,8,11-12,14H2,1-3H3,(H,23,26). The summed E-state index contributed by atoms with van der Waals surface area (Å²) >= 11 is 0. The molecule has 1 atom stereocenters. The Labute approximate surface area is 177 Å². The summed E-state index contributed by atoms with van der Waals surface area (Å²) in [6.07, 6.45) is 2.48. The number of benzene rings is 1. The van der Waals surface area contributed by atoms with Crippen molar-refractivity contribution in [3.63, 3.8) is 0 Å². The highest BCUT2D eigenvalue weighted by Gasteiger charge is 2.28. The van der Waals surface area contributed by atoms with Crippen molar-refractivity contribution < 1.29 is 22.4 Å². The van der Waals surface area contributed by atoms with Gasteiger partial charge in [-0.1, -0.05) is 6.92 Å². The zero-order valence-electron chi connectivity index (χ0n) is 17.6. The Morgan fingerprint density at radius 3 is 2.53 bits per heavy atom. The number of aryl methyl sites for hydroxylation is 2. The Morgan fingerprint density at radius 2 is 1.93 bits per heavy atom. The van der Waals surface area contributed by atoms with Crippen LogP contribution in [0, 0.1) is 12.8 Å². The molecule has 0 aliphatic carbocycles. The van der Waals surface area contributed by atoms with Crippen molar-refractivity contribution in [1.29, 1.82) is 0 Å². The number of carbonyl (C=O) groups excluding carboxylic acids is 2. The number of sulfonamides is 1. The Bertz CT molecular complexity index is 1020. The summed E-state index contributed by atoms with van der Waals surface area (Å²) in [6.45, 7) is 6.34. The lowest BCUT2D eigenvalue weighted by atomic mass is 10.0. The number of rotatable bonds is 7. The monoisotopic (exact) mass is 432 g/mol. The fourth-order valence-electron chi connectivity index (χ4n) is 3.70. The third-order valence-corrected chi connectivity index (χ3v) is 7.22. The lowest BCUT2D eigenvalue weighted by Crippen LogP contribution is -2.39. The first-order valence-electron chi connectivity index (χ1n) is 10.2. The van der Waals surface area contributed by atoms with Crippen molar-refractivity contribution in [3.8, 4) is 0 Å². The number of furan rings is 1. The summed E-state index contributed by atoms with van der Waals surface area (Å²) < 4.78 is 32.7. The van der Waals surface area contributed by atoms with Gasteiger partial charge in [0.1, 0.15) is 11.5 Å². The van der Waals surface area contributed by atoms with Gasteiger partial charge in [-0.25, -0.2) is 8.42 Å². The maximum Gasteiger partial charge on any atom is 0.243 e. The van der Waals surface area contributed by atoms with E-state index in [-0.39, 0.29) is 23.0 Å². The minimum atomic E-state index is -3.51. The van der Waals surface area contributed by atoms with E-state index in [9.17, 15) is 18.0 Å². The molecule has 2 heterocycles. The van der Waals surface area contributed by atoms with Gasteiger partial charge >= 0.3 is 0 Å². The molecular weight excluding hydrogens is 404 g/mol. The highest BCUT2D eigenvalue weighted by atomic mass is 32.2. The maximum absolute atomic E-state index is 12.8. The van der Waals surface area contributed by atoms with E-state index in [2.05, 4.69) is 12.2 Å². The van der Waals surface area contributed by atoms with E-state index in [1.807, 2.05) is 0 Å². The molecule has 1 amide bonds. The van der Waals surface area contributed by atoms with Crippen molar-refractivity contribution in [2.75, 3.05) is 18.4 Å². The van der Waals surface area contributed by atoms with Crippen LogP contribution in [-0.4, -0.2) is 37.5 Å². The van der Waals surface area contributed by atoms with E-state index in [4.69, 9.17) is 4.42 Å². The number of hydrogen-bond acceptors (Lipinski definition) is 5. The molecule has 0 spiro atoms. The molecule has 1 aromatic carbocycles. The molecule has 1 aromatic heterocycles. The van der Waals surface area contributed by atoms with Gasteiger partial charge in [-0.05, 0) is 62.9 Å². The first kappa shape index (κ1) is 22.2. The Balaban J connectivity index is 1.58. The predicted octanol–water partition coefficient (Wildman–Crippen LogP) is 3.78. The molecule has 162 valence electrons. The lowest BCUT2D eigenvalue weighted by molar-refractivity contribution is -0.116. The number of nitrogens with one attached hydrogen (secondary N) is 1. The van der Waals surface area contributed by atoms with Gasteiger partial charge in [0.05, 0.1) is 10.5 Å². The normalized spacial score (nSPS) is 17.6. The molecule has 3 rings (SSSR count). The summed E-state index contributed by atoms with van der Waals surface area (Å²) in [5.74, 6) is 1.22. The molecule has 1 saturated heterocycles. The average molecular weight is 433 g/mol. The SMILES string of the molecule is CC(=O)c1cc(CCC(=O)Nc2ccc(S(=O)(=O)N3CCCC(C)C3)cc2)oc1C. The zero-order valence-corrected chi connectivity index (χ0v) is 18.4. The highest BCUT2D eigenvalue weighted by molar-refractivity contribution is 7.89. The quantitative estimate of drug-likeness (QED) is 0.672. The van der Waals surface area contributed by atoms with Crippen LogP contribution in [0.25, 0.3) is 0 Å². The predicted molar refractivity (Wildman–Crippen MR) is 114 cm³/mol. The van der Waals surface area contributed by atoms with Gasteiger partial charge in [-0.2, -0.15) is 4.31 Å². The van der Waals surface area contributed by atoms with Gasteiger partial charge in [0.2, 0.25) is 15.9 Å². The molecule has 1 fully saturated rings. The first-order chi connectivity index (χ1) is 14.2. The molecule has 0 bridgehead atoms. The summed E-state index contributed by atoms with van der Waals surface area (Å²) in [6, 6.07) is 7.93. The van der Waals surface area contributed by atoms with E-state index < -0.39 is 10.0 Å². The highest BCUT2D eigenvalue weighted by Crippen LogP contribution is 2.24. The van der Waals surface area contributed by atoms with Crippen molar-refractivity contribution in [2.45, 2.75) is 51.3 Å². The van der Waals surface area contributed by atoms with Gasteiger partial charge < -0.3 is 9.73 Å². The second-order valence-electron chi connectivity index (χ2n) is 7.92. The van der Waals surface area contributed by atoms with Crippen molar-refractivity contribution in [1.82, 2.24) is 4.31 Å². The minimum absolute atomic E-state index is 0.0685. The molecule has 30 heavy (non-hydrogen) atoms. The van der Waals surface area contributed by atoms with Crippen molar-refractivity contribution in [2.24, 2.45) is 5.92 Å². The van der Waals surface area contributed by atoms with E-state index in [0.29, 0.717) is 48.2 Å². The minimum Gasteiger partial charge on any atom is -0.466 e. The summed E-state index contributed by atoms with van der Waals surface area (Å²) in [5, 5.41) is 2.77. The average Bonchev–Trinajstić information content (AvgIpc) is 3.08. The number of carbonyl (C=O) groups is 2. The Hall–Kier alpha value is -2.45. The lowest BCUT2D eigenvalue weighted by Gasteiger charge is -2.30. The number of amides is 1. The van der Waals surface area contributed by atoms with Crippen LogP contribution in [0.15, 0.2) is 39.6 Å². The number of hydrogen-bond donors (Lipinski definition) is 1. The second kappa shape index (κ2) is 9.14. The Kier molecular flexibility index (Phi) is 6.77. The molecule has 0 saturated carbocycles. The molecule has 0 radical (unpaired) electrons. The van der Waals surface area contributed by atoms with Gasteiger partial charge in [-0.3, -0.25) is 9.59 Å². The largest absolute Gasteiger partial charge is 0.466 e. The van der Waals surface area contributed by atoms with Crippen LogP contribution in [0.2, 0.25) is 0 Å². The van der Waals surface area contributed by atoms with Gasteiger partial charge in [0.15, 0.2) is 5.78 Å². The second-order valence-corrected chi connectivity index (χ2v) is 9.86. The van der Waals surface area contributed by atoms with Crippen LogP contribution in [0.5, 0.6) is 0 Å². The van der Waals surface area contributed by atoms with E-state index in [1.165, 1.54) is 23.4 Å². The number of ketones is 1. The smallest absolute Gasteiger partial charge is 0.243 e. The van der Waals surface area contributed by atoms with E-state index in [1.54, 1.807) is 25.1 Å². The molecular formula is C22H28N2O5S. The zero-order chi connectivity index (χ0) is 21.9. The number of anilines is 1. The molecule has 7 nitrogen and oxygen atoms in total. The van der Waals surface area contributed by atoms with E-state index >= 15 is 0 Å².